The average molecular weight is 377 g/mol. The third-order valence-electron chi connectivity index (χ3n) is 3.32. The summed E-state index contributed by atoms with van der Waals surface area (Å²) < 4.78 is 28.7. The maximum absolute atomic E-state index is 12.2. The van der Waals surface area contributed by atoms with Gasteiger partial charge in [0.05, 0.1) is 11.0 Å². The van der Waals surface area contributed by atoms with Crippen molar-refractivity contribution >= 4 is 31.9 Å². The van der Waals surface area contributed by atoms with Gasteiger partial charge in [-0.15, -0.1) is 0 Å². The van der Waals surface area contributed by atoms with Gasteiger partial charge in [0.15, 0.2) is 0 Å². The Hall–Kier alpha value is -0.960. The van der Waals surface area contributed by atoms with Crippen molar-refractivity contribution in [2.24, 2.45) is 5.14 Å². The Morgan fingerprint density at radius 1 is 1.48 bits per heavy atom. The van der Waals surface area contributed by atoms with Gasteiger partial charge in [0.25, 0.3) is 5.91 Å². The van der Waals surface area contributed by atoms with E-state index < -0.39 is 10.0 Å². The van der Waals surface area contributed by atoms with Crippen LogP contribution in [0.5, 0.6) is 0 Å². The zero-order valence-corrected chi connectivity index (χ0v) is 13.9. The van der Waals surface area contributed by atoms with E-state index in [1.54, 1.807) is 6.07 Å². The van der Waals surface area contributed by atoms with E-state index >= 15 is 0 Å². The van der Waals surface area contributed by atoms with Crippen molar-refractivity contribution in [2.75, 3.05) is 6.61 Å². The Bertz CT molecular complexity index is 648. The summed E-state index contributed by atoms with van der Waals surface area (Å²) in [7, 11) is -3.88. The Morgan fingerprint density at radius 2 is 2.19 bits per heavy atom. The van der Waals surface area contributed by atoms with Gasteiger partial charge < -0.3 is 10.1 Å². The van der Waals surface area contributed by atoms with E-state index in [2.05, 4.69) is 21.2 Å². The number of carbonyl (C=O) groups is 1. The quantitative estimate of drug-likeness (QED) is 0.832. The van der Waals surface area contributed by atoms with Gasteiger partial charge in [-0.05, 0) is 53.9 Å². The van der Waals surface area contributed by atoms with Crippen molar-refractivity contribution in [3.63, 3.8) is 0 Å². The highest BCUT2D eigenvalue weighted by Gasteiger charge is 2.22. The lowest BCUT2D eigenvalue weighted by atomic mass is 10.0. The molecule has 1 amide bonds. The molecule has 0 aromatic heterocycles. The maximum atomic E-state index is 12.2. The minimum Gasteiger partial charge on any atom is -0.378 e. The van der Waals surface area contributed by atoms with Crippen LogP contribution < -0.4 is 10.5 Å². The number of amides is 1. The lowest BCUT2D eigenvalue weighted by Crippen LogP contribution is -2.41. The number of hydrogen-bond acceptors (Lipinski definition) is 4. The van der Waals surface area contributed by atoms with Gasteiger partial charge in [-0.2, -0.15) is 0 Å². The fourth-order valence-corrected chi connectivity index (χ4v) is 3.82. The molecule has 1 fully saturated rings. The molecule has 0 radical (unpaired) electrons. The van der Waals surface area contributed by atoms with E-state index in [-0.39, 0.29) is 28.5 Å². The van der Waals surface area contributed by atoms with E-state index in [0.29, 0.717) is 11.1 Å². The van der Waals surface area contributed by atoms with Gasteiger partial charge in [-0.1, -0.05) is 0 Å². The van der Waals surface area contributed by atoms with Gasteiger partial charge in [0, 0.05) is 22.7 Å². The lowest BCUT2D eigenvalue weighted by Gasteiger charge is -2.28. The minimum absolute atomic E-state index is 0.0304. The molecule has 0 bridgehead atoms. The molecule has 21 heavy (non-hydrogen) atoms. The molecular weight excluding hydrogens is 360 g/mol. The zero-order chi connectivity index (χ0) is 15.6. The van der Waals surface area contributed by atoms with Crippen molar-refractivity contribution in [1.82, 2.24) is 5.32 Å². The lowest BCUT2D eigenvalue weighted by molar-refractivity contribution is 0.0136. The summed E-state index contributed by atoms with van der Waals surface area (Å²) in [6.45, 7) is 2.56. The summed E-state index contributed by atoms with van der Waals surface area (Å²) in [5.41, 5.74) is 0.265. The Morgan fingerprint density at radius 3 is 2.81 bits per heavy atom. The molecule has 2 rings (SSSR count). The molecule has 0 spiro atoms. The summed E-state index contributed by atoms with van der Waals surface area (Å²) in [4.78, 5) is 12.1. The highest BCUT2D eigenvalue weighted by atomic mass is 79.9. The molecule has 116 valence electrons. The molecule has 1 heterocycles. The third-order valence-corrected chi connectivity index (χ3v) is 5.23. The molecule has 2 atom stereocenters. The monoisotopic (exact) mass is 376 g/mol. The summed E-state index contributed by atoms with van der Waals surface area (Å²) in [5.74, 6) is -0.313. The molecule has 1 aliphatic heterocycles. The molecule has 2 unspecified atom stereocenters. The molecule has 6 nitrogen and oxygen atoms in total. The van der Waals surface area contributed by atoms with Crippen LogP contribution in [0.15, 0.2) is 27.6 Å². The summed E-state index contributed by atoms with van der Waals surface area (Å²) in [6, 6.07) is 4.36. The summed E-state index contributed by atoms with van der Waals surface area (Å²) >= 11 is 3.11. The number of nitrogens with one attached hydrogen (secondary N) is 1. The van der Waals surface area contributed by atoms with Gasteiger partial charge in [-0.25, -0.2) is 13.6 Å². The van der Waals surface area contributed by atoms with Crippen LogP contribution in [0.2, 0.25) is 0 Å². The SMILES string of the molecule is CC1CC(NC(=O)c2ccc(Br)c(S(N)(=O)=O)c2)CCO1. The summed E-state index contributed by atoms with van der Waals surface area (Å²) in [5, 5.41) is 8.02. The summed E-state index contributed by atoms with van der Waals surface area (Å²) in [6.07, 6.45) is 1.59. The standard InChI is InChI=1S/C13H17BrN2O4S/c1-8-6-10(4-5-20-8)16-13(17)9-2-3-11(14)12(7-9)21(15,18)19/h2-3,7-8,10H,4-6H2,1H3,(H,16,17)(H2,15,18,19). The predicted octanol–water partition coefficient (Wildman–Crippen LogP) is 1.39. The Labute approximate surface area is 132 Å². The van der Waals surface area contributed by atoms with Crippen molar-refractivity contribution < 1.29 is 17.9 Å². The number of halogens is 1. The molecule has 1 aromatic rings. The predicted molar refractivity (Wildman–Crippen MR) is 81.4 cm³/mol. The van der Waals surface area contributed by atoms with Crippen LogP contribution in [0.4, 0.5) is 0 Å². The first-order chi connectivity index (χ1) is 9.77. The van der Waals surface area contributed by atoms with Gasteiger partial charge in [0.1, 0.15) is 0 Å². The molecule has 1 saturated heterocycles. The fraction of sp³-hybridized carbons (Fsp3) is 0.462. The second-order valence-corrected chi connectivity index (χ2v) is 7.45. The van der Waals surface area contributed by atoms with Crippen LogP contribution in [0.25, 0.3) is 0 Å². The Balaban J connectivity index is 2.16. The first-order valence-electron chi connectivity index (χ1n) is 6.52. The number of primary sulfonamides is 1. The van der Waals surface area contributed by atoms with Crippen LogP contribution in [-0.4, -0.2) is 33.1 Å². The van der Waals surface area contributed by atoms with Gasteiger partial charge in [-0.3, -0.25) is 4.79 Å². The third kappa shape index (κ3) is 4.26. The average Bonchev–Trinajstić information content (AvgIpc) is 2.37. The first-order valence-corrected chi connectivity index (χ1v) is 8.86. The van der Waals surface area contributed by atoms with Gasteiger partial charge in [0.2, 0.25) is 10.0 Å². The number of carbonyl (C=O) groups excluding carboxylic acids is 1. The van der Waals surface area contributed by atoms with Crippen LogP contribution in [0.1, 0.15) is 30.1 Å². The normalized spacial score (nSPS) is 22.8. The number of hydrogen-bond donors (Lipinski definition) is 2. The van der Waals surface area contributed by atoms with Crippen LogP contribution in [0, 0.1) is 0 Å². The molecule has 0 saturated carbocycles. The molecule has 8 heteroatoms. The largest absolute Gasteiger partial charge is 0.378 e. The zero-order valence-electron chi connectivity index (χ0n) is 11.5. The molecular formula is C13H17BrN2O4S. The highest BCUT2D eigenvalue weighted by molar-refractivity contribution is 9.10. The van der Waals surface area contributed by atoms with E-state index in [1.165, 1.54) is 12.1 Å². The second-order valence-electron chi connectivity index (χ2n) is 5.07. The number of sulfonamides is 1. The van der Waals surface area contributed by atoms with E-state index in [0.717, 1.165) is 12.8 Å². The Kier molecular flexibility index (Phi) is 5.03. The van der Waals surface area contributed by atoms with E-state index in [4.69, 9.17) is 9.88 Å². The second kappa shape index (κ2) is 6.43. The maximum Gasteiger partial charge on any atom is 0.251 e. The van der Waals surface area contributed by atoms with Crippen LogP contribution >= 0.6 is 15.9 Å². The van der Waals surface area contributed by atoms with Gasteiger partial charge >= 0.3 is 0 Å². The molecule has 3 N–H and O–H groups in total. The number of benzene rings is 1. The smallest absolute Gasteiger partial charge is 0.251 e. The van der Waals surface area contributed by atoms with Crippen molar-refractivity contribution in [3.8, 4) is 0 Å². The number of ether oxygens (including phenoxy) is 1. The topological polar surface area (TPSA) is 98.5 Å². The minimum atomic E-state index is -3.88. The highest BCUT2D eigenvalue weighted by Crippen LogP contribution is 2.22. The molecule has 1 aromatic carbocycles. The van der Waals surface area contributed by atoms with E-state index in [9.17, 15) is 13.2 Å². The van der Waals surface area contributed by atoms with Crippen molar-refractivity contribution in [1.29, 1.82) is 0 Å². The number of rotatable bonds is 3. The first kappa shape index (κ1) is 16.4. The van der Waals surface area contributed by atoms with Crippen LogP contribution in [-0.2, 0) is 14.8 Å². The molecule has 0 aliphatic carbocycles. The molecule has 1 aliphatic rings. The van der Waals surface area contributed by atoms with E-state index in [1.807, 2.05) is 6.92 Å². The van der Waals surface area contributed by atoms with Crippen molar-refractivity contribution in [3.05, 3.63) is 28.2 Å². The van der Waals surface area contributed by atoms with Crippen molar-refractivity contribution in [2.45, 2.75) is 36.8 Å². The fourth-order valence-electron chi connectivity index (χ4n) is 2.26. The van der Waals surface area contributed by atoms with Crippen LogP contribution in [0.3, 0.4) is 0 Å². The number of nitrogens with two attached hydrogens (primary N) is 1.